The molecule has 124 valence electrons. The summed E-state index contributed by atoms with van der Waals surface area (Å²) in [5.74, 6) is 0. The Morgan fingerprint density at radius 1 is 0.500 bits per heavy atom. The largest absolute Gasteiger partial charge is 0.0843 e. The average Bonchev–Trinajstić information content (AvgIpc) is 3.00. The Kier molecular flexibility index (Phi) is 3.48. The van der Waals surface area contributed by atoms with E-state index >= 15 is 0 Å². The Morgan fingerprint density at radius 2 is 1.04 bits per heavy atom. The van der Waals surface area contributed by atoms with E-state index in [1.54, 1.807) is 0 Å². The molecule has 0 aromatic heterocycles. The third-order valence-corrected chi connectivity index (χ3v) is 5.66. The first-order valence-corrected chi connectivity index (χ1v) is 9.20. The first kappa shape index (κ1) is 15.4. The highest BCUT2D eigenvalue weighted by molar-refractivity contribution is 6.30. The van der Waals surface area contributed by atoms with Crippen molar-refractivity contribution in [3.63, 3.8) is 0 Å². The Hall–Kier alpha value is -2.83. The van der Waals surface area contributed by atoms with Crippen LogP contribution in [0.25, 0.3) is 11.1 Å². The molecule has 1 aliphatic rings. The van der Waals surface area contributed by atoms with Gasteiger partial charge in [0, 0.05) is 5.02 Å². The summed E-state index contributed by atoms with van der Waals surface area (Å²) in [5.41, 5.74) is 7.29. The lowest BCUT2D eigenvalue weighted by Gasteiger charge is -2.33. The zero-order valence-electron chi connectivity index (χ0n) is 14.2. The van der Waals surface area contributed by atoms with Crippen molar-refractivity contribution in [3.8, 4) is 11.1 Å². The van der Waals surface area contributed by atoms with Crippen molar-refractivity contribution in [2.24, 2.45) is 0 Å². The van der Waals surface area contributed by atoms with E-state index < -0.39 is 0 Å². The summed E-state index contributed by atoms with van der Waals surface area (Å²) in [6.07, 6.45) is 0. The van der Waals surface area contributed by atoms with Crippen LogP contribution >= 0.6 is 11.6 Å². The van der Waals surface area contributed by atoms with Gasteiger partial charge in [-0.05, 0) is 45.5 Å². The molecule has 0 unspecified atom stereocenters. The molecule has 0 nitrogen and oxygen atoms in total. The molecule has 1 aliphatic carbocycles. The van der Waals surface area contributed by atoms with E-state index in [0.29, 0.717) is 0 Å². The monoisotopic (exact) mass is 352 g/mol. The van der Waals surface area contributed by atoms with E-state index in [-0.39, 0.29) is 5.41 Å². The number of fused-ring (bicyclic) bond motifs is 3. The molecule has 0 atom stereocenters. The predicted octanol–water partition coefficient (Wildman–Crippen LogP) is 6.70. The van der Waals surface area contributed by atoms with E-state index in [1.807, 2.05) is 6.07 Å². The Morgan fingerprint density at radius 3 is 1.69 bits per heavy atom. The Labute approximate surface area is 158 Å². The smallest absolute Gasteiger partial charge is 0.0714 e. The van der Waals surface area contributed by atoms with Gasteiger partial charge in [0.2, 0.25) is 0 Å². The molecule has 0 bridgehead atoms. The Balaban J connectivity index is 1.99. The van der Waals surface area contributed by atoms with Crippen LogP contribution in [0.4, 0.5) is 0 Å². The summed E-state index contributed by atoms with van der Waals surface area (Å²) in [5, 5.41) is 0.771. The van der Waals surface area contributed by atoms with E-state index in [2.05, 4.69) is 97.1 Å². The van der Waals surface area contributed by atoms with Gasteiger partial charge in [0.15, 0.2) is 0 Å². The molecule has 4 aromatic carbocycles. The summed E-state index contributed by atoms with van der Waals surface area (Å²) >= 11 is 6.47. The normalized spacial score (nSPS) is 13.9. The summed E-state index contributed by atoms with van der Waals surface area (Å²) in [6, 6.07) is 36.5. The fourth-order valence-electron chi connectivity index (χ4n) is 4.42. The fraction of sp³-hybridized carbons (Fsp3) is 0.0400. The number of halogens is 1. The second-order valence-corrected chi connectivity index (χ2v) is 7.15. The predicted molar refractivity (Wildman–Crippen MR) is 109 cm³/mol. The van der Waals surface area contributed by atoms with Crippen molar-refractivity contribution in [1.82, 2.24) is 0 Å². The lowest BCUT2D eigenvalue weighted by Crippen LogP contribution is -2.28. The van der Waals surface area contributed by atoms with Crippen LogP contribution in [0.1, 0.15) is 22.3 Å². The minimum atomic E-state index is -0.348. The Bertz CT molecular complexity index is 1040. The molecule has 0 N–H and O–H groups in total. The lowest BCUT2D eigenvalue weighted by atomic mass is 9.68. The van der Waals surface area contributed by atoms with E-state index in [4.69, 9.17) is 11.6 Å². The number of benzene rings is 4. The molecule has 0 fully saturated rings. The number of rotatable bonds is 2. The van der Waals surface area contributed by atoms with Crippen LogP contribution in [0.2, 0.25) is 5.02 Å². The summed E-state index contributed by atoms with van der Waals surface area (Å²) in [4.78, 5) is 0. The quantitative estimate of drug-likeness (QED) is 0.331. The summed E-state index contributed by atoms with van der Waals surface area (Å²) < 4.78 is 0. The van der Waals surface area contributed by atoms with Crippen molar-refractivity contribution < 1.29 is 0 Å². The van der Waals surface area contributed by atoms with Gasteiger partial charge in [-0.3, -0.25) is 0 Å². The maximum atomic E-state index is 6.47. The molecule has 0 aliphatic heterocycles. The van der Waals surface area contributed by atoms with Gasteiger partial charge in [-0.25, -0.2) is 0 Å². The van der Waals surface area contributed by atoms with Crippen LogP contribution in [0, 0.1) is 0 Å². The maximum absolute atomic E-state index is 6.47. The molecule has 1 heteroatoms. The summed E-state index contributed by atoms with van der Waals surface area (Å²) in [6.45, 7) is 0. The van der Waals surface area contributed by atoms with Crippen LogP contribution in [0.5, 0.6) is 0 Å². The van der Waals surface area contributed by atoms with Crippen molar-refractivity contribution in [2.75, 3.05) is 0 Å². The van der Waals surface area contributed by atoms with Gasteiger partial charge in [-0.15, -0.1) is 0 Å². The van der Waals surface area contributed by atoms with Gasteiger partial charge in [0.25, 0.3) is 0 Å². The molecule has 0 radical (unpaired) electrons. The zero-order chi connectivity index (χ0) is 17.6. The number of hydrogen-bond donors (Lipinski definition) is 0. The van der Waals surface area contributed by atoms with Gasteiger partial charge in [-0.1, -0.05) is 103 Å². The average molecular weight is 353 g/mol. The minimum Gasteiger partial charge on any atom is -0.0843 e. The second-order valence-electron chi connectivity index (χ2n) is 6.72. The van der Waals surface area contributed by atoms with Gasteiger partial charge < -0.3 is 0 Å². The van der Waals surface area contributed by atoms with Crippen LogP contribution in [-0.4, -0.2) is 0 Å². The minimum absolute atomic E-state index is 0.348. The highest BCUT2D eigenvalue weighted by Crippen LogP contribution is 2.56. The first-order valence-electron chi connectivity index (χ1n) is 8.83. The molecular weight excluding hydrogens is 336 g/mol. The zero-order valence-corrected chi connectivity index (χ0v) is 14.9. The molecule has 0 spiro atoms. The third-order valence-electron chi connectivity index (χ3n) is 5.42. The molecule has 0 saturated carbocycles. The van der Waals surface area contributed by atoms with Crippen LogP contribution in [0.15, 0.2) is 103 Å². The van der Waals surface area contributed by atoms with Crippen molar-refractivity contribution in [2.45, 2.75) is 5.41 Å². The number of hydrogen-bond acceptors (Lipinski definition) is 0. The van der Waals surface area contributed by atoms with Crippen molar-refractivity contribution in [3.05, 3.63) is 130 Å². The first-order chi connectivity index (χ1) is 12.8. The molecule has 0 amide bonds. The fourth-order valence-corrected chi connectivity index (χ4v) is 4.59. The third kappa shape index (κ3) is 2.03. The topological polar surface area (TPSA) is 0 Å². The van der Waals surface area contributed by atoms with Crippen molar-refractivity contribution in [1.29, 1.82) is 0 Å². The maximum Gasteiger partial charge on any atom is 0.0714 e. The van der Waals surface area contributed by atoms with Crippen LogP contribution < -0.4 is 0 Å². The molecule has 0 heterocycles. The van der Waals surface area contributed by atoms with Gasteiger partial charge in [-0.2, -0.15) is 0 Å². The second kappa shape index (κ2) is 5.86. The highest BCUT2D eigenvalue weighted by atomic mass is 35.5. The summed E-state index contributed by atoms with van der Waals surface area (Å²) in [7, 11) is 0. The van der Waals surface area contributed by atoms with Gasteiger partial charge in [0.05, 0.1) is 5.41 Å². The van der Waals surface area contributed by atoms with Crippen LogP contribution in [-0.2, 0) is 5.41 Å². The van der Waals surface area contributed by atoms with Crippen molar-refractivity contribution >= 4 is 11.6 Å². The van der Waals surface area contributed by atoms with E-state index in [1.165, 1.54) is 33.4 Å². The van der Waals surface area contributed by atoms with E-state index in [0.717, 1.165) is 5.02 Å². The highest BCUT2D eigenvalue weighted by Gasteiger charge is 2.45. The lowest BCUT2D eigenvalue weighted by molar-refractivity contribution is 0.768. The van der Waals surface area contributed by atoms with Gasteiger partial charge >= 0.3 is 0 Å². The molecule has 26 heavy (non-hydrogen) atoms. The molecule has 5 rings (SSSR count). The SMILES string of the molecule is Clc1ccc2c(c1)C(c1ccccc1)(c1ccccc1)c1ccccc1-2. The molecular formula is C25H17Cl. The molecule has 4 aromatic rings. The standard InChI is InChI=1S/C25H17Cl/c26-20-15-16-22-21-13-7-8-14-23(21)25(24(22)17-20,18-9-3-1-4-10-18)19-11-5-2-6-12-19/h1-17H. The molecule has 0 saturated heterocycles. The van der Waals surface area contributed by atoms with E-state index in [9.17, 15) is 0 Å². The van der Waals surface area contributed by atoms with Gasteiger partial charge in [0.1, 0.15) is 0 Å². The van der Waals surface area contributed by atoms with Crippen LogP contribution in [0.3, 0.4) is 0 Å².